The summed E-state index contributed by atoms with van der Waals surface area (Å²) in [4.78, 5) is 27.6. The fourth-order valence-corrected chi connectivity index (χ4v) is 5.28. The molecule has 1 fully saturated rings. The van der Waals surface area contributed by atoms with Crippen LogP contribution in [0.2, 0.25) is 0 Å². The Morgan fingerprint density at radius 2 is 1.84 bits per heavy atom. The predicted molar refractivity (Wildman–Crippen MR) is 128 cm³/mol. The lowest BCUT2D eigenvalue weighted by atomic mass is 9.81. The summed E-state index contributed by atoms with van der Waals surface area (Å²) in [6, 6.07) is 0. The smallest absolute Gasteiger partial charge is 0.273 e. The maximum absolute atomic E-state index is 12.2. The number of hydrogen-bond acceptors (Lipinski definition) is 4. The zero-order valence-corrected chi connectivity index (χ0v) is 19.6. The van der Waals surface area contributed by atoms with E-state index in [-0.39, 0.29) is 5.56 Å². The molecule has 1 aliphatic rings. The molecule has 3 N–H and O–H groups in total. The zero-order chi connectivity index (χ0) is 22.5. The van der Waals surface area contributed by atoms with E-state index in [1.165, 1.54) is 54.6 Å². The summed E-state index contributed by atoms with van der Waals surface area (Å²) in [7, 11) is 0. The Labute approximate surface area is 190 Å². The fraction of sp³-hybridized carbons (Fsp3) is 0.560. The van der Waals surface area contributed by atoms with Gasteiger partial charge >= 0.3 is 0 Å². The van der Waals surface area contributed by atoms with E-state index in [0.717, 1.165) is 31.7 Å². The van der Waals surface area contributed by atoms with Crippen molar-refractivity contribution in [3.63, 3.8) is 0 Å². The van der Waals surface area contributed by atoms with Crippen LogP contribution in [0.4, 0.5) is 0 Å². The highest BCUT2D eigenvalue weighted by Gasteiger charge is 2.26. The van der Waals surface area contributed by atoms with Crippen molar-refractivity contribution in [1.82, 2.24) is 30.0 Å². The number of H-pyrrole nitrogens is 3. The molecule has 172 valence electrons. The van der Waals surface area contributed by atoms with Crippen LogP contribution in [0.3, 0.4) is 0 Å². The molecule has 3 heterocycles. The molecule has 0 aliphatic heterocycles. The van der Waals surface area contributed by atoms with Crippen LogP contribution in [0, 0.1) is 6.92 Å². The van der Waals surface area contributed by atoms with Crippen LogP contribution >= 0.6 is 0 Å². The third kappa shape index (κ3) is 4.72. The first-order valence-electron chi connectivity index (χ1n) is 12.1. The Bertz CT molecular complexity index is 1070. The first-order chi connectivity index (χ1) is 15.6. The van der Waals surface area contributed by atoms with Gasteiger partial charge in [-0.05, 0) is 56.3 Å². The van der Waals surface area contributed by atoms with E-state index in [0.29, 0.717) is 23.6 Å². The van der Waals surface area contributed by atoms with E-state index >= 15 is 0 Å². The molecule has 32 heavy (non-hydrogen) atoms. The van der Waals surface area contributed by atoms with Gasteiger partial charge in [0.15, 0.2) is 0 Å². The molecule has 7 heteroatoms. The summed E-state index contributed by atoms with van der Waals surface area (Å²) in [5.41, 5.74) is 7.39. The first kappa shape index (κ1) is 22.5. The van der Waals surface area contributed by atoms with Gasteiger partial charge in [-0.2, -0.15) is 0 Å². The number of aryl methyl sites for hydroxylation is 1. The largest absolute Gasteiger partial charge is 0.362 e. The van der Waals surface area contributed by atoms with E-state index < -0.39 is 0 Å². The van der Waals surface area contributed by atoms with Crippen molar-refractivity contribution in [3.05, 3.63) is 57.2 Å². The number of aromatic nitrogens is 5. The molecule has 1 aliphatic carbocycles. The maximum Gasteiger partial charge on any atom is 0.273 e. The number of rotatable bonds is 9. The second-order valence-corrected chi connectivity index (χ2v) is 8.92. The van der Waals surface area contributed by atoms with Gasteiger partial charge in [0.05, 0.1) is 17.0 Å². The molecule has 0 spiro atoms. The summed E-state index contributed by atoms with van der Waals surface area (Å²) in [5.74, 6) is 0.603. The molecule has 7 nitrogen and oxygen atoms in total. The molecule has 3 aromatic rings. The summed E-state index contributed by atoms with van der Waals surface area (Å²) in [6.07, 6.45) is 13.2. The zero-order valence-electron chi connectivity index (χ0n) is 19.6. The molecule has 0 amide bonds. The van der Waals surface area contributed by atoms with E-state index in [9.17, 15) is 4.79 Å². The summed E-state index contributed by atoms with van der Waals surface area (Å²) in [5, 5.41) is 5.40. The highest BCUT2D eigenvalue weighted by Crippen LogP contribution is 2.39. The SMILES string of the molecule is CCN(CC)CCc1c(C)[nH]c(Cc2nccnc2-c2c[nH][nH]c2=O)c1C1CCCCC1. The highest BCUT2D eigenvalue weighted by atomic mass is 16.1. The second kappa shape index (κ2) is 10.3. The first-order valence-corrected chi connectivity index (χ1v) is 12.1. The minimum absolute atomic E-state index is 0.165. The van der Waals surface area contributed by atoms with Gasteiger partial charge in [-0.1, -0.05) is 33.1 Å². The Hall–Kier alpha value is -2.67. The molecule has 0 unspecified atom stereocenters. The standard InChI is InChI=1S/C25H36N6O/c1-4-31(5-2)14-11-19-17(3)29-21(23(19)18-9-7-6-8-10-18)15-22-24(27-13-12-26-22)20-16-28-30-25(20)32/h12-13,16,18,29H,4-11,14-15H2,1-3H3,(H2,28,30,32). The number of nitrogens with one attached hydrogen (secondary N) is 3. The van der Waals surface area contributed by atoms with E-state index in [2.05, 4.69) is 50.8 Å². The number of nitrogens with zero attached hydrogens (tertiary/aromatic N) is 3. The van der Waals surface area contributed by atoms with Crippen LogP contribution in [0.1, 0.15) is 80.1 Å². The predicted octanol–water partition coefficient (Wildman–Crippen LogP) is 4.32. The molecule has 1 saturated carbocycles. The monoisotopic (exact) mass is 436 g/mol. The second-order valence-electron chi connectivity index (χ2n) is 8.92. The van der Waals surface area contributed by atoms with Gasteiger partial charge in [0.2, 0.25) is 0 Å². The third-order valence-corrected chi connectivity index (χ3v) is 7.05. The van der Waals surface area contributed by atoms with Gasteiger partial charge in [-0.3, -0.25) is 19.9 Å². The molecule has 3 aromatic heterocycles. The normalized spacial score (nSPS) is 15.0. The average Bonchev–Trinajstić information content (AvgIpc) is 3.38. The lowest BCUT2D eigenvalue weighted by molar-refractivity contribution is 0.307. The minimum Gasteiger partial charge on any atom is -0.362 e. The molecule has 0 saturated heterocycles. The number of aromatic amines is 3. The van der Waals surface area contributed by atoms with Crippen LogP contribution in [0.5, 0.6) is 0 Å². The number of likely N-dealkylation sites (N-methyl/N-ethyl adjacent to an activating group) is 1. The Morgan fingerprint density at radius 3 is 2.53 bits per heavy atom. The van der Waals surface area contributed by atoms with Gasteiger partial charge < -0.3 is 15.0 Å². The van der Waals surface area contributed by atoms with Crippen LogP contribution in [-0.2, 0) is 12.8 Å². The lowest BCUT2D eigenvalue weighted by Crippen LogP contribution is -2.25. The average molecular weight is 437 g/mol. The molecular weight excluding hydrogens is 400 g/mol. The Balaban J connectivity index is 1.71. The van der Waals surface area contributed by atoms with Gasteiger partial charge in [-0.25, -0.2) is 0 Å². The molecule has 0 bridgehead atoms. The quantitative estimate of drug-likeness (QED) is 0.466. The van der Waals surface area contributed by atoms with Gasteiger partial charge in [-0.15, -0.1) is 0 Å². The fourth-order valence-electron chi connectivity index (χ4n) is 5.28. The van der Waals surface area contributed by atoms with Crippen molar-refractivity contribution in [2.45, 2.75) is 71.6 Å². The topological polar surface area (TPSA) is 93.5 Å². The summed E-state index contributed by atoms with van der Waals surface area (Å²) in [6.45, 7) is 9.93. The van der Waals surface area contributed by atoms with Gasteiger partial charge in [0, 0.05) is 42.9 Å². The molecule has 0 aromatic carbocycles. The molecule has 0 radical (unpaired) electrons. The van der Waals surface area contributed by atoms with Gasteiger partial charge in [0.1, 0.15) is 0 Å². The molecule has 4 rings (SSSR count). The van der Waals surface area contributed by atoms with Crippen molar-refractivity contribution in [2.75, 3.05) is 19.6 Å². The molecule has 0 atom stereocenters. The van der Waals surface area contributed by atoms with E-state index in [1.807, 2.05) is 0 Å². The minimum atomic E-state index is -0.165. The Morgan fingerprint density at radius 1 is 1.09 bits per heavy atom. The van der Waals surface area contributed by atoms with Crippen molar-refractivity contribution < 1.29 is 0 Å². The number of hydrogen-bond donors (Lipinski definition) is 3. The van der Waals surface area contributed by atoms with Crippen molar-refractivity contribution in [1.29, 1.82) is 0 Å². The molecular formula is C25H36N6O. The van der Waals surface area contributed by atoms with Crippen LogP contribution in [0.25, 0.3) is 11.3 Å². The summed E-state index contributed by atoms with van der Waals surface area (Å²) < 4.78 is 0. The highest BCUT2D eigenvalue weighted by molar-refractivity contribution is 5.60. The van der Waals surface area contributed by atoms with Crippen molar-refractivity contribution >= 4 is 0 Å². The maximum atomic E-state index is 12.2. The van der Waals surface area contributed by atoms with E-state index in [4.69, 9.17) is 0 Å². The van der Waals surface area contributed by atoms with Crippen molar-refractivity contribution in [2.24, 2.45) is 0 Å². The van der Waals surface area contributed by atoms with Crippen LogP contribution < -0.4 is 5.56 Å². The Kier molecular flexibility index (Phi) is 7.25. The van der Waals surface area contributed by atoms with Gasteiger partial charge in [0.25, 0.3) is 5.56 Å². The van der Waals surface area contributed by atoms with Crippen molar-refractivity contribution in [3.8, 4) is 11.3 Å². The lowest BCUT2D eigenvalue weighted by Gasteiger charge is -2.25. The van der Waals surface area contributed by atoms with Crippen LogP contribution in [-0.4, -0.2) is 49.7 Å². The third-order valence-electron chi connectivity index (χ3n) is 7.05. The van der Waals surface area contributed by atoms with E-state index in [1.54, 1.807) is 18.6 Å². The summed E-state index contributed by atoms with van der Waals surface area (Å²) >= 11 is 0. The van der Waals surface area contributed by atoms with Crippen LogP contribution in [0.15, 0.2) is 23.4 Å².